The molecule has 0 aliphatic carbocycles. The van der Waals surface area contributed by atoms with Crippen LogP contribution in [0.1, 0.15) is 16.8 Å². The lowest BCUT2D eigenvalue weighted by Gasteiger charge is -2.38. The van der Waals surface area contributed by atoms with Crippen molar-refractivity contribution in [3.05, 3.63) is 52.2 Å². The molecule has 8 nitrogen and oxygen atoms in total. The lowest BCUT2D eigenvalue weighted by molar-refractivity contribution is -0.137. The van der Waals surface area contributed by atoms with Crippen molar-refractivity contribution in [2.24, 2.45) is 0 Å². The second kappa shape index (κ2) is 11.1. The summed E-state index contributed by atoms with van der Waals surface area (Å²) in [5, 5.41) is -0.333. The fourth-order valence-corrected chi connectivity index (χ4v) is 4.89. The van der Waals surface area contributed by atoms with Crippen LogP contribution in [0.15, 0.2) is 30.4 Å². The fourth-order valence-electron chi connectivity index (χ4n) is 4.61. The van der Waals surface area contributed by atoms with Crippen LogP contribution in [0.5, 0.6) is 6.01 Å². The van der Waals surface area contributed by atoms with E-state index in [1.54, 1.807) is 15.9 Å². The summed E-state index contributed by atoms with van der Waals surface area (Å²) in [6, 6.07) is 4.35. The Bertz CT molecular complexity index is 1170. The van der Waals surface area contributed by atoms with Crippen LogP contribution in [0.2, 0.25) is 5.02 Å². The standard InChI is InChI=1S/C25H30ClF3N6O2/c1-32(2)10-5-8-21(36)33-12-14-34(15-13-33)23-17-9-11-35(16-19(17)30-24(31-23)37-3)20-7-4-6-18(26)22(20)25(27,28)29/h4-8H,9-16H2,1-3H3/b8-5+. The minimum atomic E-state index is -4.58. The number of rotatable bonds is 6. The van der Waals surface area contributed by atoms with Crippen LogP contribution in [0.4, 0.5) is 24.7 Å². The number of carbonyl (C=O) groups excluding carboxylic acids is 1. The maximum atomic E-state index is 13.8. The molecule has 0 bridgehead atoms. The zero-order valence-electron chi connectivity index (χ0n) is 21.1. The van der Waals surface area contributed by atoms with Gasteiger partial charge in [0.2, 0.25) is 5.91 Å². The Balaban J connectivity index is 1.54. The molecular weight excluding hydrogens is 509 g/mol. The first kappa shape index (κ1) is 27.0. The van der Waals surface area contributed by atoms with Crippen molar-refractivity contribution < 1.29 is 22.7 Å². The number of aromatic nitrogens is 2. The fraction of sp³-hybridized carbons (Fsp3) is 0.480. The summed E-state index contributed by atoms with van der Waals surface area (Å²) < 4.78 is 46.7. The molecule has 2 aliphatic rings. The third kappa shape index (κ3) is 6.10. The topological polar surface area (TPSA) is 65.0 Å². The predicted molar refractivity (Wildman–Crippen MR) is 136 cm³/mol. The highest BCUT2D eigenvalue weighted by Gasteiger charge is 2.38. The molecule has 1 aromatic heterocycles. The van der Waals surface area contributed by atoms with Crippen molar-refractivity contribution in [2.75, 3.05) is 70.3 Å². The second-order valence-corrected chi connectivity index (χ2v) is 9.65. The van der Waals surface area contributed by atoms with Gasteiger partial charge in [-0.2, -0.15) is 23.1 Å². The summed E-state index contributed by atoms with van der Waals surface area (Å²) in [5.74, 6) is 0.681. The van der Waals surface area contributed by atoms with Gasteiger partial charge in [-0.1, -0.05) is 23.7 Å². The van der Waals surface area contributed by atoms with Crippen molar-refractivity contribution in [3.8, 4) is 6.01 Å². The Kier molecular flexibility index (Phi) is 8.13. The zero-order chi connectivity index (χ0) is 26.7. The smallest absolute Gasteiger partial charge is 0.419 e. The quantitative estimate of drug-likeness (QED) is 0.522. The Morgan fingerprint density at radius 1 is 1.14 bits per heavy atom. The van der Waals surface area contributed by atoms with Crippen LogP contribution in [-0.2, 0) is 23.9 Å². The summed E-state index contributed by atoms with van der Waals surface area (Å²) in [5.41, 5.74) is 0.686. The van der Waals surface area contributed by atoms with Crippen LogP contribution in [0.25, 0.3) is 0 Å². The molecule has 1 amide bonds. The number of hydrogen-bond acceptors (Lipinski definition) is 7. The van der Waals surface area contributed by atoms with E-state index in [0.29, 0.717) is 57.2 Å². The van der Waals surface area contributed by atoms with E-state index in [1.165, 1.54) is 25.3 Å². The molecule has 0 spiro atoms. The highest BCUT2D eigenvalue weighted by molar-refractivity contribution is 6.31. The molecule has 2 aromatic rings. The number of methoxy groups -OCH3 is 1. The van der Waals surface area contributed by atoms with Gasteiger partial charge in [0, 0.05) is 50.9 Å². The van der Waals surface area contributed by atoms with Gasteiger partial charge >= 0.3 is 12.2 Å². The molecule has 37 heavy (non-hydrogen) atoms. The van der Waals surface area contributed by atoms with Crippen LogP contribution >= 0.6 is 11.6 Å². The van der Waals surface area contributed by atoms with Gasteiger partial charge in [0.05, 0.1) is 35.6 Å². The van der Waals surface area contributed by atoms with E-state index in [1.807, 2.05) is 25.1 Å². The van der Waals surface area contributed by atoms with Gasteiger partial charge in [-0.3, -0.25) is 4.79 Å². The van der Waals surface area contributed by atoms with E-state index in [0.717, 1.165) is 5.56 Å². The molecule has 1 fully saturated rings. The largest absolute Gasteiger partial charge is 0.467 e. The highest BCUT2D eigenvalue weighted by Crippen LogP contribution is 2.42. The van der Waals surface area contributed by atoms with Gasteiger partial charge in [0.25, 0.3) is 0 Å². The highest BCUT2D eigenvalue weighted by atomic mass is 35.5. The van der Waals surface area contributed by atoms with E-state index in [-0.39, 0.29) is 29.2 Å². The van der Waals surface area contributed by atoms with Crippen LogP contribution in [-0.4, -0.2) is 86.1 Å². The monoisotopic (exact) mass is 538 g/mol. The van der Waals surface area contributed by atoms with Gasteiger partial charge < -0.3 is 24.3 Å². The second-order valence-electron chi connectivity index (χ2n) is 9.24. The number of alkyl halides is 3. The summed E-state index contributed by atoms with van der Waals surface area (Å²) in [6.45, 7) is 3.45. The number of fused-ring (bicyclic) bond motifs is 1. The van der Waals surface area contributed by atoms with Crippen LogP contribution < -0.4 is 14.5 Å². The Morgan fingerprint density at radius 3 is 2.51 bits per heavy atom. The van der Waals surface area contributed by atoms with Crippen molar-refractivity contribution in [2.45, 2.75) is 19.1 Å². The van der Waals surface area contributed by atoms with Crippen molar-refractivity contribution in [1.29, 1.82) is 0 Å². The number of halogens is 4. The molecule has 1 aromatic carbocycles. The van der Waals surface area contributed by atoms with Crippen molar-refractivity contribution in [1.82, 2.24) is 19.8 Å². The van der Waals surface area contributed by atoms with Crippen LogP contribution in [0, 0.1) is 0 Å². The third-order valence-electron chi connectivity index (χ3n) is 6.44. The summed E-state index contributed by atoms with van der Waals surface area (Å²) in [4.78, 5) is 29.1. The van der Waals surface area contributed by atoms with Gasteiger partial charge in [0.1, 0.15) is 5.82 Å². The lowest BCUT2D eigenvalue weighted by Crippen LogP contribution is -2.49. The first-order valence-corrected chi connectivity index (χ1v) is 12.4. The minimum Gasteiger partial charge on any atom is -0.467 e. The Morgan fingerprint density at radius 2 is 1.86 bits per heavy atom. The molecule has 0 unspecified atom stereocenters. The summed E-state index contributed by atoms with van der Waals surface area (Å²) in [7, 11) is 5.34. The van der Waals surface area contributed by atoms with E-state index < -0.39 is 11.7 Å². The van der Waals surface area contributed by atoms with Crippen molar-refractivity contribution in [3.63, 3.8) is 0 Å². The zero-order valence-corrected chi connectivity index (χ0v) is 21.8. The van der Waals surface area contributed by atoms with E-state index in [4.69, 9.17) is 16.3 Å². The molecule has 3 heterocycles. The average Bonchev–Trinajstić information content (AvgIpc) is 2.86. The van der Waals surface area contributed by atoms with Crippen molar-refractivity contribution >= 4 is 29.0 Å². The van der Waals surface area contributed by atoms with Gasteiger partial charge in [-0.15, -0.1) is 0 Å². The number of amides is 1. The molecule has 4 rings (SSSR count). The maximum Gasteiger partial charge on any atom is 0.419 e. The molecule has 2 aliphatic heterocycles. The average molecular weight is 539 g/mol. The van der Waals surface area contributed by atoms with Gasteiger partial charge in [-0.25, -0.2) is 0 Å². The molecule has 200 valence electrons. The number of carbonyl (C=O) groups is 1. The maximum absolute atomic E-state index is 13.8. The molecule has 0 saturated carbocycles. The number of benzene rings is 1. The molecule has 0 atom stereocenters. The summed E-state index contributed by atoms with van der Waals surface area (Å²) >= 11 is 5.95. The number of piperazine rings is 1. The SMILES string of the molecule is COc1nc2c(c(N3CCN(C(=O)/C=C/CN(C)C)CC3)n1)CCN(c1cccc(Cl)c1C(F)(F)F)C2. The summed E-state index contributed by atoms with van der Waals surface area (Å²) in [6.07, 6.45) is -0.673. The van der Waals surface area contributed by atoms with Crippen LogP contribution in [0.3, 0.4) is 0 Å². The first-order valence-electron chi connectivity index (χ1n) is 12.0. The normalized spacial score (nSPS) is 16.5. The molecular formula is C25H30ClF3N6O2. The van der Waals surface area contributed by atoms with E-state index in [2.05, 4.69) is 14.9 Å². The molecule has 1 saturated heterocycles. The Hall–Kier alpha value is -3.05. The third-order valence-corrected chi connectivity index (χ3v) is 6.76. The Labute approximate surface area is 219 Å². The number of hydrogen-bond donors (Lipinski definition) is 0. The number of likely N-dealkylation sites (N-methyl/N-ethyl adjacent to an activating group) is 1. The minimum absolute atomic E-state index is 0.0265. The van der Waals surface area contributed by atoms with E-state index >= 15 is 0 Å². The number of anilines is 2. The first-order chi connectivity index (χ1) is 17.6. The molecule has 0 radical (unpaired) electrons. The number of nitrogens with zero attached hydrogens (tertiary/aromatic N) is 6. The molecule has 0 N–H and O–H groups in total. The lowest BCUT2D eigenvalue weighted by atomic mass is 10.0. The van der Waals surface area contributed by atoms with Gasteiger partial charge in [0.15, 0.2) is 0 Å². The molecule has 12 heteroatoms. The van der Waals surface area contributed by atoms with Gasteiger partial charge in [-0.05, 0) is 32.6 Å². The van der Waals surface area contributed by atoms with E-state index in [9.17, 15) is 18.0 Å². The number of ether oxygens (including phenoxy) is 1. The predicted octanol–water partition coefficient (Wildman–Crippen LogP) is 3.49.